The lowest BCUT2D eigenvalue weighted by atomic mass is 9.95. The van der Waals surface area contributed by atoms with E-state index in [9.17, 15) is 18.0 Å². The van der Waals surface area contributed by atoms with Crippen LogP contribution in [0.25, 0.3) is 0 Å². The van der Waals surface area contributed by atoms with Crippen molar-refractivity contribution < 1.29 is 32.2 Å². The molecule has 242 valence electrons. The van der Waals surface area contributed by atoms with E-state index in [1.807, 2.05) is 37.3 Å². The fourth-order valence-electron chi connectivity index (χ4n) is 5.44. The highest BCUT2D eigenvalue weighted by Crippen LogP contribution is 2.33. The van der Waals surface area contributed by atoms with Gasteiger partial charge in [0, 0.05) is 18.7 Å². The van der Waals surface area contributed by atoms with Crippen LogP contribution in [0.3, 0.4) is 0 Å². The van der Waals surface area contributed by atoms with Gasteiger partial charge in [-0.15, -0.1) is 0 Å². The molecule has 2 amide bonds. The molecule has 3 aromatic carbocycles. The summed E-state index contributed by atoms with van der Waals surface area (Å²) in [5.74, 6) is 0.376. The fourth-order valence-corrected chi connectivity index (χ4v) is 6.87. The summed E-state index contributed by atoms with van der Waals surface area (Å²) < 4.78 is 45.7. The van der Waals surface area contributed by atoms with Crippen molar-refractivity contribution >= 4 is 27.5 Å². The maximum Gasteiger partial charge on any atom is 0.264 e. The third kappa shape index (κ3) is 8.48. The number of ether oxygens (including phenoxy) is 3. The minimum atomic E-state index is -4.30. The van der Waals surface area contributed by atoms with Gasteiger partial charge >= 0.3 is 0 Å². The van der Waals surface area contributed by atoms with Crippen molar-refractivity contribution in [1.82, 2.24) is 10.2 Å². The molecular weight excluding hydrogens is 594 g/mol. The molecule has 4 rings (SSSR count). The number of anilines is 1. The van der Waals surface area contributed by atoms with Crippen LogP contribution in [-0.4, -0.2) is 64.6 Å². The summed E-state index contributed by atoms with van der Waals surface area (Å²) in [4.78, 5) is 29.0. The molecule has 1 saturated carbocycles. The van der Waals surface area contributed by atoms with E-state index < -0.39 is 28.5 Å². The molecule has 1 atom stereocenters. The molecule has 0 heterocycles. The molecule has 1 fully saturated rings. The topological polar surface area (TPSA) is 114 Å². The number of amides is 2. The lowest BCUT2D eigenvalue weighted by Crippen LogP contribution is -2.53. The largest absolute Gasteiger partial charge is 0.494 e. The zero-order valence-electron chi connectivity index (χ0n) is 26.4. The Hall–Kier alpha value is -4.25. The third-order valence-electron chi connectivity index (χ3n) is 7.97. The van der Waals surface area contributed by atoms with Crippen LogP contribution in [0, 0.1) is 0 Å². The van der Waals surface area contributed by atoms with Gasteiger partial charge in [-0.3, -0.25) is 13.9 Å². The summed E-state index contributed by atoms with van der Waals surface area (Å²) in [7, 11) is -1.42. The molecule has 0 unspecified atom stereocenters. The highest BCUT2D eigenvalue weighted by molar-refractivity contribution is 7.92. The molecule has 0 aliphatic heterocycles. The average molecular weight is 638 g/mol. The van der Waals surface area contributed by atoms with Crippen LogP contribution in [0.4, 0.5) is 5.69 Å². The predicted molar refractivity (Wildman–Crippen MR) is 173 cm³/mol. The van der Waals surface area contributed by atoms with E-state index >= 15 is 0 Å². The van der Waals surface area contributed by atoms with Crippen molar-refractivity contribution in [2.45, 2.75) is 69.5 Å². The number of hydrogen-bond acceptors (Lipinski definition) is 7. The summed E-state index contributed by atoms with van der Waals surface area (Å²) in [5.41, 5.74) is 1.08. The van der Waals surface area contributed by atoms with E-state index in [1.54, 1.807) is 31.2 Å². The zero-order chi connectivity index (χ0) is 32.4. The van der Waals surface area contributed by atoms with E-state index in [0.717, 1.165) is 42.0 Å². The number of benzene rings is 3. The number of hydrogen-bond donors (Lipinski definition) is 1. The Morgan fingerprint density at radius 1 is 0.911 bits per heavy atom. The summed E-state index contributed by atoms with van der Waals surface area (Å²) >= 11 is 0. The van der Waals surface area contributed by atoms with Crippen molar-refractivity contribution in [2.24, 2.45) is 0 Å². The van der Waals surface area contributed by atoms with Gasteiger partial charge in [-0.1, -0.05) is 49.6 Å². The first kappa shape index (κ1) is 33.6. The Labute approximate surface area is 266 Å². The number of rotatable bonds is 14. The second kappa shape index (κ2) is 15.7. The average Bonchev–Trinajstić information content (AvgIpc) is 3.06. The molecule has 0 aromatic heterocycles. The Morgan fingerprint density at radius 3 is 2.20 bits per heavy atom. The van der Waals surface area contributed by atoms with Crippen LogP contribution < -0.4 is 23.8 Å². The lowest BCUT2D eigenvalue weighted by molar-refractivity contribution is -0.139. The number of carbonyl (C=O) groups is 2. The third-order valence-corrected chi connectivity index (χ3v) is 9.74. The summed E-state index contributed by atoms with van der Waals surface area (Å²) in [6, 6.07) is 19.3. The van der Waals surface area contributed by atoms with Crippen LogP contribution in [-0.2, 0) is 26.2 Å². The molecule has 1 aliphatic carbocycles. The molecule has 0 bridgehead atoms. The quantitative estimate of drug-likeness (QED) is 0.260. The number of carbonyl (C=O) groups excluding carboxylic acids is 2. The minimum absolute atomic E-state index is 0.0631. The molecule has 10 nitrogen and oxygen atoms in total. The van der Waals surface area contributed by atoms with Crippen molar-refractivity contribution in [3.05, 3.63) is 78.4 Å². The molecule has 1 aliphatic rings. The van der Waals surface area contributed by atoms with E-state index in [4.69, 9.17) is 14.2 Å². The number of nitrogens with one attached hydrogen (secondary N) is 1. The first-order valence-corrected chi connectivity index (χ1v) is 16.7. The van der Waals surface area contributed by atoms with Crippen LogP contribution in [0.2, 0.25) is 0 Å². The van der Waals surface area contributed by atoms with Crippen LogP contribution >= 0.6 is 0 Å². The smallest absolute Gasteiger partial charge is 0.264 e. The van der Waals surface area contributed by atoms with Gasteiger partial charge in [-0.2, -0.15) is 0 Å². The maximum atomic E-state index is 14.2. The fraction of sp³-hybridized carbons (Fsp3) is 0.412. The van der Waals surface area contributed by atoms with Gasteiger partial charge in [-0.05, 0) is 68.7 Å². The van der Waals surface area contributed by atoms with Gasteiger partial charge in [0.25, 0.3) is 10.0 Å². The molecule has 0 spiro atoms. The van der Waals surface area contributed by atoms with Crippen LogP contribution in [0.1, 0.15) is 51.5 Å². The summed E-state index contributed by atoms with van der Waals surface area (Å²) in [6.45, 7) is 3.57. The second-order valence-electron chi connectivity index (χ2n) is 11.0. The Balaban J connectivity index is 1.70. The first-order chi connectivity index (χ1) is 21.7. The predicted octanol–water partition coefficient (Wildman–Crippen LogP) is 5.16. The van der Waals surface area contributed by atoms with Crippen molar-refractivity contribution in [2.75, 3.05) is 31.7 Å². The standard InChI is InChI=1S/C34H43N3O7S/c1-5-44-29-18-16-28(17-19-29)37(45(40,41)30-20-21-31(42-3)32(22-30)43-4)24-33(38)36(23-26-12-8-6-9-13-26)25(2)34(39)35-27-14-10-7-11-15-27/h6,8-9,12-13,16-22,25,27H,5,7,10-11,14-15,23-24H2,1-4H3,(H,35,39)/t25-/m0/s1. The Kier molecular flexibility index (Phi) is 11.7. The Morgan fingerprint density at radius 2 is 1.58 bits per heavy atom. The highest BCUT2D eigenvalue weighted by Gasteiger charge is 2.33. The first-order valence-electron chi connectivity index (χ1n) is 15.3. The Bertz CT molecular complexity index is 1530. The van der Waals surface area contributed by atoms with Crippen molar-refractivity contribution in [3.8, 4) is 17.2 Å². The van der Waals surface area contributed by atoms with E-state index in [1.165, 1.54) is 37.3 Å². The molecule has 11 heteroatoms. The van der Waals surface area contributed by atoms with Gasteiger partial charge in [0.2, 0.25) is 11.8 Å². The van der Waals surface area contributed by atoms with Crippen LogP contribution in [0.5, 0.6) is 17.2 Å². The molecular formula is C34H43N3O7S. The number of sulfonamides is 1. The summed E-state index contributed by atoms with van der Waals surface area (Å²) in [6.07, 6.45) is 5.06. The minimum Gasteiger partial charge on any atom is -0.494 e. The molecule has 1 N–H and O–H groups in total. The highest BCUT2D eigenvalue weighted by atomic mass is 32.2. The molecule has 0 radical (unpaired) electrons. The molecule has 3 aromatic rings. The van der Waals surface area contributed by atoms with E-state index in [0.29, 0.717) is 18.1 Å². The zero-order valence-corrected chi connectivity index (χ0v) is 27.2. The van der Waals surface area contributed by atoms with Crippen LogP contribution in [0.15, 0.2) is 77.7 Å². The normalized spacial score (nSPS) is 14.2. The number of nitrogens with zero attached hydrogens (tertiary/aromatic N) is 2. The molecule has 45 heavy (non-hydrogen) atoms. The van der Waals surface area contributed by atoms with E-state index in [2.05, 4.69) is 5.32 Å². The molecule has 0 saturated heterocycles. The van der Waals surface area contributed by atoms with Gasteiger partial charge < -0.3 is 24.4 Å². The summed E-state index contributed by atoms with van der Waals surface area (Å²) in [5, 5.41) is 3.12. The second-order valence-corrected chi connectivity index (χ2v) is 12.8. The van der Waals surface area contributed by atoms with E-state index in [-0.39, 0.29) is 34.8 Å². The maximum absolute atomic E-state index is 14.2. The van der Waals surface area contributed by atoms with Gasteiger partial charge in [0.15, 0.2) is 11.5 Å². The van der Waals surface area contributed by atoms with Gasteiger partial charge in [0.05, 0.1) is 31.4 Å². The van der Waals surface area contributed by atoms with Crippen molar-refractivity contribution in [1.29, 1.82) is 0 Å². The van der Waals surface area contributed by atoms with Crippen molar-refractivity contribution in [3.63, 3.8) is 0 Å². The van der Waals surface area contributed by atoms with Gasteiger partial charge in [0.1, 0.15) is 18.3 Å². The number of methoxy groups -OCH3 is 2. The SMILES string of the molecule is CCOc1ccc(N(CC(=O)N(Cc2ccccc2)[C@@H](C)C(=O)NC2CCCCC2)S(=O)(=O)c2ccc(OC)c(OC)c2)cc1. The lowest BCUT2D eigenvalue weighted by Gasteiger charge is -2.33. The monoisotopic (exact) mass is 637 g/mol. The van der Waals surface area contributed by atoms with Gasteiger partial charge in [-0.25, -0.2) is 8.42 Å².